The first-order valence-electron chi connectivity index (χ1n) is 9.02. The van der Waals surface area contributed by atoms with Gasteiger partial charge in [-0.25, -0.2) is 0 Å². The van der Waals surface area contributed by atoms with Crippen LogP contribution in [-0.2, 0) is 10.2 Å². The molecule has 2 aromatic carbocycles. The summed E-state index contributed by atoms with van der Waals surface area (Å²) in [6, 6.07) is 16.6. The van der Waals surface area contributed by atoms with Crippen LogP contribution in [0.25, 0.3) is 17.1 Å². The second-order valence-corrected chi connectivity index (χ2v) is 8.69. The third-order valence-corrected chi connectivity index (χ3v) is 5.48. The first-order valence-corrected chi connectivity index (χ1v) is 10.0. The maximum atomic E-state index is 11.5. The molecule has 0 fully saturated rings. The number of para-hydroxylation sites is 1. The number of nitrogens with zero attached hydrogens (tertiary/aromatic N) is 3. The number of carbonyl (C=O) groups excluding carboxylic acids is 1. The Morgan fingerprint density at radius 3 is 2.30 bits per heavy atom. The molecule has 0 saturated carbocycles. The molecule has 5 heteroatoms. The number of aromatic nitrogens is 3. The van der Waals surface area contributed by atoms with E-state index in [4.69, 9.17) is 0 Å². The summed E-state index contributed by atoms with van der Waals surface area (Å²) in [5.41, 5.74) is 4.55. The highest BCUT2D eigenvalue weighted by molar-refractivity contribution is 7.99. The minimum absolute atomic E-state index is 0.102. The fourth-order valence-electron chi connectivity index (χ4n) is 2.87. The van der Waals surface area contributed by atoms with Crippen LogP contribution in [0.2, 0.25) is 0 Å². The molecule has 4 nitrogen and oxygen atoms in total. The third-order valence-electron chi connectivity index (χ3n) is 4.40. The molecular formula is C22H25N3OS. The van der Waals surface area contributed by atoms with Crippen molar-refractivity contribution in [3.05, 3.63) is 59.7 Å². The topological polar surface area (TPSA) is 47.8 Å². The predicted molar refractivity (Wildman–Crippen MR) is 112 cm³/mol. The van der Waals surface area contributed by atoms with E-state index in [1.165, 1.54) is 17.3 Å². The van der Waals surface area contributed by atoms with Gasteiger partial charge in [0.25, 0.3) is 0 Å². The van der Waals surface area contributed by atoms with E-state index < -0.39 is 0 Å². The van der Waals surface area contributed by atoms with Crippen LogP contribution in [0.4, 0.5) is 0 Å². The highest BCUT2D eigenvalue weighted by Gasteiger charge is 2.19. The zero-order valence-corrected chi connectivity index (χ0v) is 17.3. The minimum Gasteiger partial charge on any atom is -0.299 e. The van der Waals surface area contributed by atoms with Gasteiger partial charge < -0.3 is 0 Å². The van der Waals surface area contributed by atoms with Gasteiger partial charge in [-0.1, -0.05) is 75.0 Å². The van der Waals surface area contributed by atoms with Crippen molar-refractivity contribution >= 4 is 17.5 Å². The summed E-state index contributed by atoms with van der Waals surface area (Å²) in [6.07, 6.45) is 0. The molecule has 0 aliphatic rings. The van der Waals surface area contributed by atoms with Gasteiger partial charge in [0.1, 0.15) is 5.78 Å². The van der Waals surface area contributed by atoms with E-state index in [1.54, 1.807) is 6.92 Å². The summed E-state index contributed by atoms with van der Waals surface area (Å²) in [5.74, 6) is 1.29. The zero-order valence-electron chi connectivity index (χ0n) is 16.5. The average Bonchev–Trinajstić information content (AvgIpc) is 3.03. The lowest BCUT2D eigenvalue weighted by atomic mass is 9.87. The number of Topliss-reactive ketones (excluding diaryl/α,β-unsaturated/α-hetero) is 1. The maximum absolute atomic E-state index is 11.5. The zero-order chi connectivity index (χ0) is 19.6. The quantitative estimate of drug-likeness (QED) is 0.570. The van der Waals surface area contributed by atoms with Crippen molar-refractivity contribution in [1.82, 2.24) is 14.8 Å². The van der Waals surface area contributed by atoms with Crippen LogP contribution >= 0.6 is 11.8 Å². The van der Waals surface area contributed by atoms with Gasteiger partial charge in [-0.3, -0.25) is 9.36 Å². The SMILES string of the molecule is CC(=O)CSc1nnc(-c2ccc(C(C)(C)C)cc2)n1-c1ccccc1C. The largest absolute Gasteiger partial charge is 0.299 e. The monoisotopic (exact) mass is 379 g/mol. The molecule has 0 spiro atoms. The van der Waals surface area contributed by atoms with Gasteiger partial charge in [-0.2, -0.15) is 0 Å². The fourth-order valence-corrected chi connectivity index (χ4v) is 3.61. The smallest absolute Gasteiger partial charge is 0.196 e. The average molecular weight is 380 g/mol. The number of aryl methyl sites for hydroxylation is 1. The molecule has 27 heavy (non-hydrogen) atoms. The summed E-state index contributed by atoms with van der Waals surface area (Å²) in [6.45, 7) is 10.3. The Morgan fingerprint density at radius 1 is 1.04 bits per heavy atom. The highest BCUT2D eigenvalue weighted by Crippen LogP contribution is 2.31. The second-order valence-electron chi connectivity index (χ2n) is 7.75. The number of hydrogen-bond acceptors (Lipinski definition) is 4. The Morgan fingerprint density at radius 2 is 1.70 bits per heavy atom. The molecule has 0 amide bonds. The van der Waals surface area contributed by atoms with E-state index in [9.17, 15) is 4.79 Å². The molecule has 0 bridgehead atoms. The van der Waals surface area contributed by atoms with Gasteiger partial charge >= 0.3 is 0 Å². The normalized spacial score (nSPS) is 11.6. The van der Waals surface area contributed by atoms with Gasteiger partial charge in [-0.15, -0.1) is 10.2 Å². The maximum Gasteiger partial charge on any atom is 0.196 e. The van der Waals surface area contributed by atoms with Crippen LogP contribution in [-0.4, -0.2) is 26.3 Å². The van der Waals surface area contributed by atoms with E-state index in [0.717, 1.165) is 27.8 Å². The number of hydrogen-bond donors (Lipinski definition) is 0. The first-order chi connectivity index (χ1) is 12.8. The van der Waals surface area contributed by atoms with Crippen molar-refractivity contribution in [3.63, 3.8) is 0 Å². The molecule has 3 rings (SSSR count). The van der Waals surface area contributed by atoms with Gasteiger partial charge in [-0.05, 0) is 36.5 Å². The lowest BCUT2D eigenvalue weighted by Gasteiger charge is -2.19. The molecule has 0 unspecified atom stereocenters. The molecule has 140 valence electrons. The van der Waals surface area contributed by atoms with E-state index in [0.29, 0.717) is 5.75 Å². The minimum atomic E-state index is 0.102. The van der Waals surface area contributed by atoms with Crippen LogP contribution in [0.1, 0.15) is 38.8 Å². The van der Waals surface area contributed by atoms with Crippen LogP contribution < -0.4 is 0 Å². The van der Waals surface area contributed by atoms with Crippen LogP contribution in [0.5, 0.6) is 0 Å². The molecule has 0 radical (unpaired) electrons. The van der Waals surface area contributed by atoms with Crippen LogP contribution in [0.15, 0.2) is 53.7 Å². The second kappa shape index (κ2) is 7.69. The Kier molecular flexibility index (Phi) is 5.51. The van der Waals surface area contributed by atoms with E-state index >= 15 is 0 Å². The van der Waals surface area contributed by atoms with Gasteiger partial charge in [0.05, 0.1) is 11.4 Å². The van der Waals surface area contributed by atoms with Gasteiger partial charge in [0.2, 0.25) is 0 Å². The molecule has 0 saturated heterocycles. The highest BCUT2D eigenvalue weighted by atomic mass is 32.2. The summed E-state index contributed by atoms with van der Waals surface area (Å²) >= 11 is 1.42. The van der Waals surface area contributed by atoms with Crippen molar-refractivity contribution in [3.8, 4) is 17.1 Å². The van der Waals surface area contributed by atoms with E-state index in [-0.39, 0.29) is 11.2 Å². The predicted octanol–water partition coefficient (Wildman–Crippen LogP) is 5.22. The molecule has 0 atom stereocenters. The summed E-state index contributed by atoms with van der Waals surface area (Å²) < 4.78 is 2.05. The molecular weight excluding hydrogens is 354 g/mol. The third kappa shape index (κ3) is 4.30. The Bertz CT molecular complexity index is 952. The number of ketones is 1. The summed E-state index contributed by atoms with van der Waals surface area (Å²) in [4.78, 5) is 11.5. The Hall–Kier alpha value is -2.40. The van der Waals surface area contributed by atoms with Crippen molar-refractivity contribution in [2.45, 2.75) is 45.2 Å². The molecule has 1 aromatic heterocycles. The van der Waals surface area contributed by atoms with Crippen molar-refractivity contribution in [2.75, 3.05) is 5.75 Å². The van der Waals surface area contributed by atoms with Crippen molar-refractivity contribution in [1.29, 1.82) is 0 Å². The first kappa shape index (κ1) is 19.4. The van der Waals surface area contributed by atoms with Crippen LogP contribution in [0, 0.1) is 6.92 Å². The molecule has 1 heterocycles. The summed E-state index contributed by atoms with van der Waals surface area (Å²) in [7, 11) is 0. The van der Waals surface area contributed by atoms with E-state index in [1.807, 2.05) is 12.1 Å². The fraction of sp³-hybridized carbons (Fsp3) is 0.318. The van der Waals surface area contributed by atoms with Crippen LogP contribution in [0.3, 0.4) is 0 Å². The number of rotatable bonds is 5. The number of thioether (sulfide) groups is 1. The molecule has 0 N–H and O–H groups in total. The van der Waals surface area contributed by atoms with E-state index in [2.05, 4.69) is 78.9 Å². The van der Waals surface area contributed by atoms with Gasteiger partial charge in [0, 0.05) is 5.56 Å². The number of carbonyl (C=O) groups is 1. The standard InChI is InChI=1S/C22H25N3OS/c1-15-8-6-7-9-19(15)25-20(23-24-21(25)27-14-16(2)26)17-10-12-18(13-11-17)22(3,4)5/h6-13H,14H2,1-5H3. The van der Waals surface area contributed by atoms with Gasteiger partial charge in [0.15, 0.2) is 11.0 Å². The Balaban J connectivity index is 2.10. The van der Waals surface area contributed by atoms with Crippen molar-refractivity contribution < 1.29 is 4.79 Å². The summed E-state index contributed by atoms with van der Waals surface area (Å²) in [5, 5.41) is 9.56. The molecule has 3 aromatic rings. The molecule has 0 aliphatic heterocycles. The Labute approximate surface area is 165 Å². The number of benzene rings is 2. The van der Waals surface area contributed by atoms with Crippen molar-refractivity contribution in [2.24, 2.45) is 0 Å². The molecule has 0 aliphatic carbocycles. The lowest BCUT2D eigenvalue weighted by Crippen LogP contribution is -2.10. The lowest BCUT2D eigenvalue weighted by molar-refractivity contribution is -0.114.